The van der Waals surface area contributed by atoms with E-state index in [2.05, 4.69) is 0 Å². The highest BCUT2D eigenvalue weighted by molar-refractivity contribution is 5.51. The molecule has 6 nitrogen and oxygen atoms in total. The zero-order valence-electron chi connectivity index (χ0n) is 13.4. The van der Waals surface area contributed by atoms with E-state index in [0.717, 1.165) is 12.1 Å². The molecule has 0 aromatic heterocycles. The lowest BCUT2D eigenvalue weighted by atomic mass is 10.2. The lowest BCUT2D eigenvalue weighted by Gasteiger charge is -2.13. The number of nitro groups is 1. The third-order valence-corrected chi connectivity index (χ3v) is 3.73. The van der Waals surface area contributed by atoms with Crippen LogP contribution in [0.4, 0.5) is 18.9 Å². The minimum absolute atomic E-state index is 0.0231. The number of alkyl halides is 3. The van der Waals surface area contributed by atoms with Crippen LogP contribution in [0.2, 0.25) is 0 Å². The molecule has 0 radical (unpaired) electrons. The van der Waals surface area contributed by atoms with E-state index in [9.17, 15) is 23.3 Å². The Morgan fingerprint density at radius 1 is 1.12 bits per heavy atom. The van der Waals surface area contributed by atoms with Crippen molar-refractivity contribution in [2.24, 2.45) is 0 Å². The maximum Gasteiger partial charge on any atom is 0.416 e. The van der Waals surface area contributed by atoms with Gasteiger partial charge in [0.15, 0.2) is 0 Å². The lowest BCUT2D eigenvalue weighted by Crippen LogP contribution is -2.16. The Balaban J connectivity index is 1.80. The van der Waals surface area contributed by atoms with Crippen LogP contribution in [0.15, 0.2) is 42.5 Å². The molecule has 26 heavy (non-hydrogen) atoms. The molecule has 2 aromatic rings. The molecule has 1 aliphatic rings. The van der Waals surface area contributed by atoms with Gasteiger partial charge in [0.1, 0.15) is 17.6 Å². The summed E-state index contributed by atoms with van der Waals surface area (Å²) in [4.78, 5) is 10.6. The third kappa shape index (κ3) is 4.23. The van der Waals surface area contributed by atoms with Crippen molar-refractivity contribution in [3.63, 3.8) is 0 Å². The Morgan fingerprint density at radius 2 is 1.81 bits per heavy atom. The van der Waals surface area contributed by atoms with Gasteiger partial charge in [0, 0.05) is 18.6 Å². The highest BCUT2D eigenvalue weighted by Crippen LogP contribution is 2.35. The molecule has 1 aliphatic heterocycles. The van der Waals surface area contributed by atoms with Crippen LogP contribution in [-0.2, 0) is 10.9 Å². The lowest BCUT2D eigenvalue weighted by molar-refractivity contribution is -0.386. The zero-order chi connectivity index (χ0) is 18.7. The second-order valence-corrected chi connectivity index (χ2v) is 5.61. The van der Waals surface area contributed by atoms with Gasteiger partial charge in [0.2, 0.25) is 5.75 Å². The maximum atomic E-state index is 12.6. The van der Waals surface area contributed by atoms with Gasteiger partial charge in [-0.05, 0) is 30.3 Å². The molecular formula is C17H14F3NO5. The number of benzene rings is 2. The first-order valence-corrected chi connectivity index (χ1v) is 7.71. The molecule has 2 aromatic carbocycles. The van der Waals surface area contributed by atoms with E-state index in [1.807, 2.05) is 0 Å². The first kappa shape index (κ1) is 18.0. The number of hydrogen-bond donors (Lipinski definition) is 0. The molecule has 1 fully saturated rings. The molecule has 1 heterocycles. The van der Waals surface area contributed by atoms with Crippen molar-refractivity contribution in [3.8, 4) is 17.2 Å². The summed E-state index contributed by atoms with van der Waals surface area (Å²) in [6.45, 7) is 0.849. The molecule has 9 heteroatoms. The van der Waals surface area contributed by atoms with Gasteiger partial charge < -0.3 is 14.2 Å². The van der Waals surface area contributed by atoms with Gasteiger partial charge in [-0.2, -0.15) is 13.2 Å². The average Bonchev–Trinajstić information content (AvgIpc) is 3.07. The van der Waals surface area contributed by atoms with Crippen molar-refractivity contribution in [2.45, 2.75) is 18.7 Å². The number of hydrogen-bond acceptors (Lipinski definition) is 5. The van der Waals surface area contributed by atoms with Gasteiger partial charge in [0.25, 0.3) is 0 Å². The molecule has 1 atom stereocenters. The Hall–Kier alpha value is -2.81. The fourth-order valence-corrected chi connectivity index (χ4v) is 2.44. The van der Waals surface area contributed by atoms with Crippen LogP contribution in [-0.4, -0.2) is 24.2 Å². The van der Waals surface area contributed by atoms with Crippen LogP contribution < -0.4 is 9.47 Å². The molecule has 0 amide bonds. The van der Waals surface area contributed by atoms with Crippen LogP contribution >= 0.6 is 0 Å². The summed E-state index contributed by atoms with van der Waals surface area (Å²) in [5.74, 6) is 0.404. The van der Waals surface area contributed by atoms with Crippen LogP contribution in [0, 0.1) is 10.1 Å². The summed E-state index contributed by atoms with van der Waals surface area (Å²) in [7, 11) is 0. The molecule has 0 spiro atoms. The Morgan fingerprint density at radius 3 is 2.38 bits per heavy atom. The van der Waals surface area contributed by atoms with Gasteiger partial charge in [0.05, 0.1) is 23.7 Å². The second kappa shape index (κ2) is 7.20. The SMILES string of the molecule is O=[N+]([O-])c1ccc(Oc2ccc(C(F)(F)F)cc2)cc1OC1CCOC1. The number of nitrogens with zero attached hydrogens (tertiary/aromatic N) is 1. The minimum Gasteiger partial charge on any atom is -0.481 e. The topological polar surface area (TPSA) is 70.8 Å². The van der Waals surface area contributed by atoms with E-state index in [1.165, 1.54) is 30.3 Å². The zero-order valence-corrected chi connectivity index (χ0v) is 13.4. The predicted molar refractivity (Wildman–Crippen MR) is 84.5 cm³/mol. The number of rotatable bonds is 5. The summed E-state index contributed by atoms with van der Waals surface area (Å²) >= 11 is 0. The highest BCUT2D eigenvalue weighted by atomic mass is 19.4. The van der Waals surface area contributed by atoms with Gasteiger partial charge in [-0.3, -0.25) is 10.1 Å². The summed E-state index contributed by atoms with van der Waals surface area (Å²) in [6.07, 6.45) is -4.12. The van der Waals surface area contributed by atoms with E-state index in [0.29, 0.717) is 19.6 Å². The van der Waals surface area contributed by atoms with Crippen LogP contribution in [0.1, 0.15) is 12.0 Å². The summed E-state index contributed by atoms with van der Waals surface area (Å²) in [5.41, 5.74) is -1.02. The fourth-order valence-electron chi connectivity index (χ4n) is 2.44. The van der Waals surface area contributed by atoms with Crippen LogP contribution in [0.3, 0.4) is 0 Å². The predicted octanol–water partition coefficient (Wildman–Crippen LogP) is 4.57. The Labute approximate surface area is 146 Å². The Kier molecular flexibility index (Phi) is 4.99. The van der Waals surface area contributed by atoms with Crippen molar-refractivity contribution < 1.29 is 32.3 Å². The highest BCUT2D eigenvalue weighted by Gasteiger charge is 2.30. The number of halogens is 3. The Bertz CT molecular complexity index is 786. The third-order valence-electron chi connectivity index (χ3n) is 3.73. The van der Waals surface area contributed by atoms with Crippen molar-refractivity contribution in [1.82, 2.24) is 0 Å². The summed E-state index contributed by atoms with van der Waals surface area (Å²) < 4.78 is 54.0. The van der Waals surface area contributed by atoms with Gasteiger partial charge in [-0.1, -0.05) is 0 Å². The van der Waals surface area contributed by atoms with E-state index in [-0.39, 0.29) is 29.0 Å². The first-order chi connectivity index (χ1) is 12.3. The number of ether oxygens (including phenoxy) is 3. The fraction of sp³-hybridized carbons (Fsp3) is 0.294. The normalized spacial score (nSPS) is 17.1. The van der Waals surface area contributed by atoms with Gasteiger partial charge in [-0.15, -0.1) is 0 Å². The smallest absolute Gasteiger partial charge is 0.416 e. The van der Waals surface area contributed by atoms with E-state index < -0.39 is 16.7 Å². The van der Waals surface area contributed by atoms with Crippen LogP contribution in [0.5, 0.6) is 17.2 Å². The van der Waals surface area contributed by atoms with Crippen molar-refractivity contribution in [2.75, 3.05) is 13.2 Å². The van der Waals surface area contributed by atoms with E-state index in [1.54, 1.807) is 0 Å². The monoisotopic (exact) mass is 369 g/mol. The van der Waals surface area contributed by atoms with Crippen molar-refractivity contribution >= 4 is 5.69 Å². The van der Waals surface area contributed by atoms with Gasteiger partial charge >= 0.3 is 11.9 Å². The van der Waals surface area contributed by atoms with Crippen LogP contribution in [0.25, 0.3) is 0 Å². The molecular weight excluding hydrogens is 355 g/mol. The molecule has 0 N–H and O–H groups in total. The summed E-state index contributed by atoms with van der Waals surface area (Å²) in [5, 5.41) is 11.1. The molecule has 1 saturated heterocycles. The average molecular weight is 369 g/mol. The quantitative estimate of drug-likeness (QED) is 0.570. The summed E-state index contributed by atoms with van der Waals surface area (Å²) in [6, 6.07) is 8.07. The number of nitro benzene ring substituents is 1. The standard InChI is InChI=1S/C17H14F3NO5/c18-17(19,20)11-1-3-12(4-2-11)25-13-5-6-15(21(22)23)16(9-13)26-14-7-8-24-10-14/h1-6,9,14H,7-8,10H2. The second-order valence-electron chi connectivity index (χ2n) is 5.61. The minimum atomic E-state index is -4.43. The largest absolute Gasteiger partial charge is 0.481 e. The van der Waals surface area contributed by atoms with Gasteiger partial charge in [-0.25, -0.2) is 0 Å². The molecule has 3 rings (SSSR count). The molecule has 138 valence electrons. The van der Waals surface area contributed by atoms with E-state index >= 15 is 0 Å². The van der Waals surface area contributed by atoms with Crippen molar-refractivity contribution in [1.29, 1.82) is 0 Å². The van der Waals surface area contributed by atoms with E-state index in [4.69, 9.17) is 14.2 Å². The molecule has 0 saturated carbocycles. The molecule has 0 aliphatic carbocycles. The molecule has 0 bridgehead atoms. The maximum absolute atomic E-state index is 12.6. The molecule has 1 unspecified atom stereocenters. The first-order valence-electron chi connectivity index (χ1n) is 7.71. The van der Waals surface area contributed by atoms with Crippen molar-refractivity contribution in [3.05, 3.63) is 58.1 Å².